The second-order valence-electron chi connectivity index (χ2n) is 5.69. The van der Waals surface area contributed by atoms with E-state index in [0.717, 1.165) is 5.56 Å². The van der Waals surface area contributed by atoms with Gasteiger partial charge in [0.25, 0.3) is 0 Å². The Balaban J connectivity index is 3.48. The summed E-state index contributed by atoms with van der Waals surface area (Å²) >= 11 is 0. The molecule has 0 heterocycles. The van der Waals surface area contributed by atoms with Crippen molar-refractivity contribution >= 4 is 5.97 Å². The monoisotopic (exact) mass is 266 g/mol. The Morgan fingerprint density at radius 3 is 2.37 bits per heavy atom. The number of phenolic OH excluding ortho intramolecular Hbond substituents is 1. The first-order valence-electron chi connectivity index (χ1n) is 6.32. The summed E-state index contributed by atoms with van der Waals surface area (Å²) in [5.41, 5.74) is 0.943. The quantitative estimate of drug-likeness (QED) is 0.858. The van der Waals surface area contributed by atoms with Crippen molar-refractivity contribution in [3.63, 3.8) is 0 Å². The molecular weight excluding hydrogens is 244 g/mol. The molecule has 0 saturated heterocycles. The van der Waals surface area contributed by atoms with Gasteiger partial charge in [0.05, 0.1) is 13.5 Å². The molecular formula is C15H22O4. The predicted octanol–water partition coefficient (Wildman–Crippen LogP) is 3.28. The molecule has 1 rings (SSSR count). The third-order valence-corrected chi connectivity index (χ3v) is 3.29. The molecule has 0 atom stereocenters. The fraction of sp³-hybridized carbons (Fsp3) is 0.533. The second-order valence-corrected chi connectivity index (χ2v) is 5.69. The Bertz CT molecular complexity index is 475. The van der Waals surface area contributed by atoms with Gasteiger partial charge in [-0.1, -0.05) is 33.8 Å². The van der Waals surface area contributed by atoms with E-state index >= 15 is 0 Å². The lowest BCUT2D eigenvalue weighted by atomic mass is 9.76. The van der Waals surface area contributed by atoms with Crippen molar-refractivity contribution in [2.75, 3.05) is 7.11 Å². The maximum Gasteiger partial charge on any atom is 0.304 e. The molecule has 106 valence electrons. The molecule has 0 bridgehead atoms. The summed E-state index contributed by atoms with van der Waals surface area (Å²) in [5, 5.41) is 19.4. The molecule has 19 heavy (non-hydrogen) atoms. The Labute approximate surface area is 114 Å². The zero-order valence-corrected chi connectivity index (χ0v) is 12.2. The second kappa shape index (κ2) is 5.51. The molecule has 4 nitrogen and oxygen atoms in total. The Morgan fingerprint density at radius 2 is 1.95 bits per heavy atom. The van der Waals surface area contributed by atoms with Crippen molar-refractivity contribution in [2.24, 2.45) is 0 Å². The van der Waals surface area contributed by atoms with Crippen LogP contribution >= 0.6 is 0 Å². The molecule has 0 aliphatic heterocycles. The van der Waals surface area contributed by atoms with Gasteiger partial charge in [-0.3, -0.25) is 4.79 Å². The summed E-state index contributed by atoms with van der Waals surface area (Å²) in [6.07, 6.45) is -0.0482. The van der Waals surface area contributed by atoms with Crippen molar-refractivity contribution in [3.8, 4) is 11.5 Å². The summed E-state index contributed by atoms with van der Waals surface area (Å²) < 4.78 is 5.12. The van der Waals surface area contributed by atoms with Gasteiger partial charge >= 0.3 is 5.97 Å². The molecule has 1 aromatic carbocycles. The standard InChI is InChI=1S/C15H22O4/c1-9(2)10-6-7-11(19-5)14(18)13(10)15(3,4)8-12(16)17/h6-7,9,18H,8H2,1-5H3,(H,16,17). The lowest BCUT2D eigenvalue weighted by Crippen LogP contribution is -2.24. The number of rotatable bonds is 5. The molecule has 0 aliphatic carbocycles. The summed E-state index contributed by atoms with van der Waals surface area (Å²) in [4.78, 5) is 11.0. The molecule has 0 spiro atoms. The highest BCUT2D eigenvalue weighted by Crippen LogP contribution is 2.43. The fourth-order valence-corrected chi connectivity index (χ4v) is 2.41. The minimum atomic E-state index is -0.887. The van der Waals surface area contributed by atoms with E-state index in [-0.39, 0.29) is 18.1 Å². The normalized spacial score (nSPS) is 11.7. The number of hydrogen-bond donors (Lipinski definition) is 2. The van der Waals surface area contributed by atoms with E-state index < -0.39 is 11.4 Å². The Morgan fingerprint density at radius 1 is 1.37 bits per heavy atom. The summed E-state index contributed by atoms with van der Waals surface area (Å²) in [7, 11) is 1.48. The SMILES string of the molecule is COc1ccc(C(C)C)c(C(C)(C)CC(=O)O)c1O. The number of aromatic hydroxyl groups is 1. The van der Waals surface area contributed by atoms with Gasteiger partial charge in [-0.05, 0) is 17.5 Å². The van der Waals surface area contributed by atoms with Gasteiger partial charge in [-0.15, -0.1) is 0 Å². The van der Waals surface area contributed by atoms with Crippen LogP contribution in [0.5, 0.6) is 11.5 Å². The number of hydrogen-bond acceptors (Lipinski definition) is 3. The van der Waals surface area contributed by atoms with E-state index in [2.05, 4.69) is 0 Å². The molecule has 0 aliphatic rings. The minimum absolute atomic E-state index is 0.0416. The third-order valence-electron chi connectivity index (χ3n) is 3.29. The maximum absolute atomic E-state index is 11.0. The van der Waals surface area contributed by atoms with Gasteiger partial charge in [-0.2, -0.15) is 0 Å². The number of carbonyl (C=O) groups is 1. The summed E-state index contributed by atoms with van der Waals surface area (Å²) in [5.74, 6) is -0.278. The topological polar surface area (TPSA) is 66.8 Å². The molecule has 0 radical (unpaired) electrons. The van der Waals surface area contributed by atoms with Gasteiger partial charge in [-0.25, -0.2) is 0 Å². The highest BCUT2D eigenvalue weighted by molar-refractivity contribution is 5.70. The van der Waals surface area contributed by atoms with Crippen LogP contribution in [0.1, 0.15) is 51.2 Å². The van der Waals surface area contributed by atoms with Crippen LogP contribution < -0.4 is 4.74 Å². The van der Waals surface area contributed by atoms with Crippen molar-refractivity contribution in [1.29, 1.82) is 0 Å². The molecule has 0 unspecified atom stereocenters. The third kappa shape index (κ3) is 3.19. The summed E-state index contributed by atoms with van der Waals surface area (Å²) in [6.45, 7) is 7.67. The van der Waals surface area contributed by atoms with Crippen molar-refractivity contribution in [1.82, 2.24) is 0 Å². The van der Waals surface area contributed by atoms with E-state index in [1.807, 2.05) is 33.8 Å². The number of phenols is 1. The van der Waals surface area contributed by atoms with Crippen LogP contribution in [0.2, 0.25) is 0 Å². The molecule has 0 aromatic heterocycles. The fourth-order valence-electron chi connectivity index (χ4n) is 2.41. The summed E-state index contributed by atoms with van der Waals surface area (Å²) in [6, 6.07) is 3.60. The first kappa shape index (κ1) is 15.3. The number of ether oxygens (including phenoxy) is 1. The van der Waals surface area contributed by atoms with Gasteiger partial charge in [0.1, 0.15) is 0 Å². The van der Waals surface area contributed by atoms with Crippen LogP contribution in [0.3, 0.4) is 0 Å². The van der Waals surface area contributed by atoms with Gasteiger partial charge in [0, 0.05) is 11.0 Å². The average Bonchev–Trinajstić information content (AvgIpc) is 2.26. The van der Waals surface area contributed by atoms with E-state index in [1.54, 1.807) is 6.07 Å². The first-order chi connectivity index (χ1) is 8.70. The average molecular weight is 266 g/mol. The molecule has 4 heteroatoms. The first-order valence-corrected chi connectivity index (χ1v) is 6.32. The Kier molecular flexibility index (Phi) is 4.45. The van der Waals surface area contributed by atoms with Gasteiger partial charge in [0.2, 0.25) is 0 Å². The maximum atomic E-state index is 11.0. The van der Waals surface area contributed by atoms with Crippen molar-refractivity contribution in [3.05, 3.63) is 23.3 Å². The highest BCUT2D eigenvalue weighted by atomic mass is 16.5. The Hall–Kier alpha value is -1.71. The molecule has 1 aromatic rings. The molecule has 0 fully saturated rings. The van der Waals surface area contributed by atoms with Crippen molar-refractivity contribution in [2.45, 2.75) is 45.4 Å². The predicted molar refractivity (Wildman–Crippen MR) is 74.0 cm³/mol. The number of carboxylic acids is 1. The van der Waals surface area contributed by atoms with Crippen LogP contribution in [0.4, 0.5) is 0 Å². The minimum Gasteiger partial charge on any atom is -0.504 e. The van der Waals surface area contributed by atoms with Crippen LogP contribution in [0.25, 0.3) is 0 Å². The van der Waals surface area contributed by atoms with E-state index in [0.29, 0.717) is 11.3 Å². The van der Waals surface area contributed by atoms with Crippen LogP contribution in [0, 0.1) is 0 Å². The van der Waals surface area contributed by atoms with Crippen LogP contribution in [-0.4, -0.2) is 23.3 Å². The molecule has 2 N–H and O–H groups in total. The molecule has 0 saturated carbocycles. The number of aliphatic carboxylic acids is 1. The van der Waals surface area contributed by atoms with E-state index in [9.17, 15) is 9.90 Å². The largest absolute Gasteiger partial charge is 0.504 e. The lowest BCUT2D eigenvalue weighted by Gasteiger charge is -2.29. The highest BCUT2D eigenvalue weighted by Gasteiger charge is 2.31. The number of methoxy groups -OCH3 is 1. The zero-order chi connectivity index (χ0) is 14.8. The van der Waals surface area contributed by atoms with E-state index in [4.69, 9.17) is 9.84 Å². The lowest BCUT2D eigenvalue weighted by molar-refractivity contribution is -0.138. The number of benzene rings is 1. The van der Waals surface area contributed by atoms with Crippen molar-refractivity contribution < 1.29 is 19.7 Å². The van der Waals surface area contributed by atoms with Gasteiger partial charge < -0.3 is 14.9 Å². The van der Waals surface area contributed by atoms with E-state index in [1.165, 1.54) is 7.11 Å². The van der Waals surface area contributed by atoms with Crippen LogP contribution in [0.15, 0.2) is 12.1 Å². The zero-order valence-electron chi connectivity index (χ0n) is 12.2. The smallest absolute Gasteiger partial charge is 0.304 e. The van der Waals surface area contributed by atoms with Gasteiger partial charge in [0.15, 0.2) is 11.5 Å². The number of carboxylic acid groups (broad SMARTS) is 1. The molecule has 0 amide bonds. The van der Waals surface area contributed by atoms with Crippen LogP contribution in [-0.2, 0) is 10.2 Å².